The second-order valence-corrected chi connectivity index (χ2v) is 5.38. The standard InChI is InChI=1S/C14H18N2O3/c1-16-5-3-9-7-12-10(8-11(9)16)14(15,13(17)18)4-2-6-19-12/h7-8H,2-6,15H2,1H3,(H,17,18). The van der Waals surface area contributed by atoms with Crippen LogP contribution in [0.2, 0.25) is 0 Å². The van der Waals surface area contributed by atoms with E-state index in [2.05, 4.69) is 4.90 Å². The van der Waals surface area contributed by atoms with Crippen LogP contribution in [0.25, 0.3) is 0 Å². The van der Waals surface area contributed by atoms with E-state index in [1.807, 2.05) is 19.2 Å². The van der Waals surface area contributed by atoms with Crippen LogP contribution in [0.5, 0.6) is 5.75 Å². The number of aliphatic carboxylic acids is 1. The third-order valence-electron chi connectivity index (χ3n) is 4.14. The summed E-state index contributed by atoms with van der Waals surface area (Å²) in [4.78, 5) is 13.7. The molecular weight excluding hydrogens is 244 g/mol. The summed E-state index contributed by atoms with van der Waals surface area (Å²) in [5.41, 5.74) is 7.69. The van der Waals surface area contributed by atoms with Gasteiger partial charge in [-0.3, -0.25) is 0 Å². The number of rotatable bonds is 1. The maximum absolute atomic E-state index is 11.6. The van der Waals surface area contributed by atoms with Crippen LogP contribution < -0.4 is 15.4 Å². The molecule has 0 saturated heterocycles. The van der Waals surface area contributed by atoms with E-state index in [1.165, 1.54) is 5.56 Å². The molecule has 3 rings (SSSR count). The summed E-state index contributed by atoms with van der Waals surface area (Å²) >= 11 is 0. The first-order valence-corrected chi connectivity index (χ1v) is 6.56. The van der Waals surface area contributed by atoms with E-state index < -0.39 is 11.5 Å². The number of anilines is 1. The van der Waals surface area contributed by atoms with Crippen molar-refractivity contribution in [2.24, 2.45) is 5.73 Å². The van der Waals surface area contributed by atoms with Gasteiger partial charge in [0.15, 0.2) is 0 Å². The Kier molecular flexibility index (Phi) is 2.67. The molecule has 0 spiro atoms. The van der Waals surface area contributed by atoms with Crippen molar-refractivity contribution in [2.45, 2.75) is 24.8 Å². The van der Waals surface area contributed by atoms with E-state index in [0.29, 0.717) is 30.8 Å². The highest BCUT2D eigenvalue weighted by Crippen LogP contribution is 2.41. The Bertz CT molecular complexity index is 544. The van der Waals surface area contributed by atoms with Gasteiger partial charge in [-0.25, -0.2) is 4.79 Å². The molecule has 1 unspecified atom stereocenters. The van der Waals surface area contributed by atoms with E-state index in [0.717, 1.165) is 18.7 Å². The fourth-order valence-corrected chi connectivity index (χ4v) is 2.93. The molecule has 5 nitrogen and oxygen atoms in total. The van der Waals surface area contributed by atoms with Gasteiger partial charge in [0.05, 0.1) is 6.61 Å². The number of fused-ring (bicyclic) bond motifs is 2. The Morgan fingerprint density at radius 3 is 3.05 bits per heavy atom. The zero-order valence-electron chi connectivity index (χ0n) is 11.0. The van der Waals surface area contributed by atoms with Gasteiger partial charge in [-0.1, -0.05) is 0 Å². The number of carboxylic acids is 1. The number of likely N-dealkylation sites (N-methyl/N-ethyl adjacent to an activating group) is 1. The first-order valence-electron chi connectivity index (χ1n) is 6.56. The van der Waals surface area contributed by atoms with Crippen molar-refractivity contribution in [3.05, 3.63) is 23.3 Å². The Labute approximate surface area is 112 Å². The summed E-state index contributed by atoms with van der Waals surface area (Å²) in [6.45, 7) is 1.47. The molecule has 0 aliphatic carbocycles. The monoisotopic (exact) mass is 262 g/mol. The summed E-state index contributed by atoms with van der Waals surface area (Å²) in [7, 11) is 2.01. The molecule has 2 heterocycles. The second-order valence-electron chi connectivity index (χ2n) is 5.38. The van der Waals surface area contributed by atoms with Gasteiger partial charge in [0.25, 0.3) is 0 Å². The Hall–Kier alpha value is -1.75. The number of hydrogen-bond acceptors (Lipinski definition) is 4. The van der Waals surface area contributed by atoms with Crippen molar-refractivity contribution in [1.29, 1.82) is 0 Å². The quantitative estimate of drug-likeness (QED) is 0.792. The molecule has 3 N–H and O–H groups in total. The molecule has 0 fully saturated rings. The van der Waals surface area contributed by atoms with Crippen LogP contribution in [0, 0.1) is 0 Å². The first-order chi connectivity index (χ1) is 9.02. The topological polar surface area (TPSA) is 75.8 Å². The maximum atomic E-state index is 11.6. The first kappa shape index (κ1) is 12.3. The summed E-state index contributed by atoms with van der Waals surface area (Å²) in [6, 6.07) is 3.86. The molecule has 0 bridgehead atoms. The van der Waals surface area contributed by atoms with Gasteiger partial charge in [-0.05, 0) is 37.0 Å². The number of carbonyl (C=O) groups is 1. The number of benzene rings is 1. The number of carboxylic acid groups (broad SMARTS) is 1. The van der Waals surface area contributed by atoms with Gasteiger partial charge in [-0.15, -0.1) is 0 Å². The predicted molar refractivity (Wildman–Crippen MR) is 71.6 cm³/mol. The molecule has 5 heteroatoms. The van der Waals surface area contributed by atoms with Crippen LogP contribution in [0.4, 0.5) is 5.69 Å². The smallest absolute Gasteiger partial charge is 0.328 e. The molecule has 1 aromatic rings. The average Bonchev–Trinajstić information content (AvgIpc) is 2.64. The van der Waals surface area contributed by atoms with Crippen molar-refractivity contribution in [1.82, 2.24) is 0 Å². The lowest BCUT2D eigenvalue weighted by atomic mass is 9.85. The van der Waals surface area contributed by atoms with E-state index in [-0.39, 0.29) is 0 Å². The van der Waals surface area contributed by atoms with Crippen LogP contribution in [0.3, 0.4) is 0 Å². The van der Waals surface area contributed by atoms with Gasteiger partial charge < -0.3 is 20.5 Å². The third kappa shape index (κ3) is 1.76. The fraction of sp³-hybridized carbons (Fsp3) is 0.500. The lowest BCUT2D eigenvalue weighted by Crippen LogP contribution is -2.44. The Morgan fingerprint density at radius 2 is 2.32 bits per heavy atom. The van der Waals surface area contributed by atoms with Crippen LogP contribution in [0.1, 0.15) is 24.0 Å². The minimum Gasteiger partial charge on any atom is -0.493 e. The molecule has 2 aliphatic rings. The molecule has 1 atom stereocenters. The minimum atomic E-state index is -1.34. The second kappa shape index (κ2) is 4.13. The zero-order valence-corrected chi connectivity index (χ0v) is 11.0. The SMILES string of the molecule is CN1CCc2cc3c(cc21)C(N)(C(=O)O)CCCO3. The molecule has 102 valence electrons. The summed E-state index contributed by atoms with van der Waals surface area (Å²) in [5, 5.41) is 9.49. The molecule has 19 heavy (non-hydrogen) atoms. The fourth-order valence-electron chi connectivity index (χ4n) is 2.93. The summed E-state index contributed by atoms with van der Waals surface area (Å²) < 4.78 is 5.69. The highest BCUT2D eigenvalue weighted by Gasteiger charge is 2.40. The summed E-state index contributed by atoms with van der Waals surface area (Å²) in [6.07, 6.45) is 2.02. The normalized spacial score (nSPS) is 25.3. The maximum Gasteiger partial charge on any atom is 0.328 e. The number of hydrogen-bond donors (Lipinski definition) is 2. The van der Waals surface area contributed by atoms with Gasteiger partial charge in [-0.2, -0.15) is 0 Å². The van der Waals surface area contributed by atoms with E-state index in [1.54, 1.807) is 0 Å². The average molecular weight is 262 g/mol. The molecular formula is C14H18N2O3. The van der Waals surface area contributed by atoms with Crippen molar-refractivity contribution in [3.8, 4) is 5.75 Å². The van der Waals surface area contributed by atoms with Crippen molar-refractivity contribution < 1.29 is 14.6 Å². The number of nitrogens with zero attached hydrogens (tertiary/aromatic N) is 1. The molecule has 1 aromatic carbocycles. The molecule has 0 aromatic heterocycles. The Balaban J connectivity index is 2.19. The minimum absolute atomic E-state index is 0.401. The highest BCUT2D eigenvalue weighted by molar-refractivity contribution is 5.83. The lowest BCUT2D eigenvalue weighted by Gasteiger charge is -2.25. The molecule has 2 aliphatic heterocycles. The van der Waals surface area contributed by atoms with Crippen LogP contribution in [-0.4, -0.2) is 31.3 Å². The molecule has 0 saturated carbocycles. The zero-order chi connectivity index (χ0) is 13.6. The van der Waals surface area contributed by atoms with Gasteiger partial charge in [0.1, 0.15) is 11.3 Å². The van der Waals surface area contributed by atoms with Crippen LogP contribution >= 0.6 is 0 Å². The van der Waals surface area contributed by atoms with Crippen LogP contribution in [-0.2, 0) is 16.8 Å². The summed E-state index contributed by atoms with van der Waals surface area (Å²) in [5.74, 6) is -0.351. The van der Waals surface area contributed by atoms with Crippen LogP contribution in [0.15, 0.2) is 12.1 Å². The van der Waals surface area contributed by atoms with Crippen molar-refractivity contribution in [2.75, 3.05) is 25.1 Å². The van der Waals surface area contributed by atoms with Gasteiger partial charge in [0.2, 0.25) is 0 Å². The third-order valence-corrected chi connectivity index (χ3v) is 4.14. The van der Waals surface area contributed by atoms with Crippen molar-refractivity contribution in [3.63, 3.8) is 0 Å². The number of nitrogens with two attached hydrogens (primary N) is 1. The van der Waals surface area contributed by atoms with E-state index in [9.17, 15) is 9.90 Å². The van der Waals surface area contributed by atoms with Crippen molar-refractivity contribution >= 4 is 11.7 Å². The van der Waals surface area contributed by atoms with Gasteiger partial charge in [0, 0.05) is 24.8 Å². The van der Waals surface area contributed by atoms with E-state index >= 15 is 0 Å². The largest absolute Gasteiger partial charge is 0.493 e. The molecule has 0 radical (unpaired) electrons. The highest BCUT2D eigenvalue weighted by atomic mass is 16.5. The van der Waals surface area contributed by atoms with Gasteiger partial charge >= 0.3 is 5.97 Å². The predicted octanol–water partition coefficient (Wildman–Crippen LogP) is 1.09. The molecule has 0 amide bonds. The lowest BCUT2D eigenvalue weighted by molar-refractivity contribution is -0.144. The Morgan fingerprint density at radius 1 is 1.53 bits per heavy atom. The van der Waals surface area contributed by atoms with E-state index in [4.69, 9.17) is 10.5 Å². The number of ether oxygens (including phenoxy) is 1.